The smallest absolute Gasteiger partial charge is 0.410 e. The van der Waals surface area contributed by atoms with E-state index in [1.807, 2.05) is 45.6 Å². The number of β-amino-alcohol motifs (C(OH)–C–C–N with tert-alkyl or cyclic N) is 1. The number of nitrogens with zero attached hydrogens (tertiary/aromatic N) is 2. The maximum Gasteiger partial charge on any atom is 0.410 e. The number of H-pyrrole nitrogens is 1. The van der Waals surface area contributed by atoms with Gasteiger partial charge in [-0.3, -0.25) is 9.69 Å². The van der Waals surface area contributed by atoms with Crippen molar-refractivity contribution in [2.24, 2.45) is 0 Å². The molecule has 10 heteroatoms. The number of aliphatic hydroxyl groups is 1. The van der Waals surface area contributed by atoms with E-state index in [4.69, 9.17) is 9.16 Å². The molecule has 2 aromatic heterocycles. The Morgan fingerprint density at radius 2 is 1.65 bits per heavy atom. The van der Waals surface area contributed by atoms with Crippen molar-refractivity contribution in [2.75, 3.05) is 13.1 Å². The first-order chi connectivity index (χ1) is 26.6. The Kier molecular flexibility index (Phi) is 10.6. The molecule has 2 aliphatic heterocycles. The Morgan fingerprint density at radius 3 is 2.33 bits per heavy atom. The lowest BCUT2D eigenvalue weighted by molar-refractivity contribution is -0.118. The van der Waals surface area contributed by atoms with E-state index >= 15 is 0 Å². The summed E-state index contributed by atoms with van der Waals surface area (Å²) >= 11 is 0. The molecule has 9 nitrogen and oxygen atoms in total. The van der Waals surface area contributed by atoms with E-state index in [0.29, 0.717) is 31.7 Å². The first-order valence-electron chi connectivity index (χ1n) is 20.9. The molecule has 57 heavy (non-hydrogen) atoms. The Balaban J connectivity index is 0.000000179. The second kappa shape index (κ2) is 14.7. The van der Waals surface area contributed by atoms with Crippen molar-refractivity contribution in [3.63, 3.8) is 0 Å². The van der Waals surface area contributed by atoms with E-state index < -0.39 is 25.1 Å². The van der Waals surface area contributed by atoms with E-state index in [0.717, 1.165) is 31.3 Å². The summed E-state index contributed by atoms with van der Waals surface area (Å²) in [5, 5.41) is 16.6. The molecule has 0 saturated carbocycles. The second-order valence-corrected chi connectivity index (χ2v) is 24.5. The SMILES string of the molecule is CC(C)(C)OC(=O)N1C[C@@](C)(O[Si](C)(C)C(C)(C)C)C=C2c3cccc4[nH]cc(c34)C[C@H]21.CCC(=O)CCCn1cc2c3c(cccc31)C1=C[C@](C)(O)CN[C@@H]1C2. The minimum absolute atomic E-state index is 0.0603. The summed E-state index contributed by atoms with van der Waals surface area (Å²) in [6, 6.07) is 13.0. The minimum atomic E-state index is -2.08. The van der Waals surface area contributed by atoms with Crippen molar-refractivity contribution in [3.8, 4) is 0 Å². The van der Waals surface area contributed by atoms with Crippen LogP contribution in [0.5, 0.6) is 0 Å². The molecule has 1 amide bonds. The Morgan fingerprint density at radius 1 is 0.947 bits per heavy atom. The highest BCUT2D eigenvalue weighted by atomic mass is 28.4. The topological polar surface area (TPSA) is 109 Å². The third-order valence-electron chi connectivity index (χ3n) is 12.6. The number of aromatic nitrogens is 2. The molecule has 0 radical (unpaired) electrons. The van der Waals surface area contributed by atoms with Crippen LogP contribution < -0.4 is 5.32 Å². The average Bonchev–Trinajstić information content (AvgIpc) is 3.69. The van der Waals surface area contributed by atoms with Crippen LogP contribution in [0.4, 0.5) is 4.79 Å². The number of aryl methyl sites for hydroxylation is 1. The number of hydrogen-bond donors (Lipinski definition) is 3. The number of ketones is 1. The van der Waals surface area contributed by atoms with Crippen LogP contribution in [0, 0.1) is 0 Å². The molecule has 0 unspecified atom stereocenters. The molecule has 4 aromatic rings. The number of benzene rings is 2. The fourth-order valence-corrected chi connectivity index (χ4v) is 10.6. The van der Waals surface area contributed by atoms with Crippen LogP contribution in [-0.4, -0.2) is 81.7 Å². The fourth-order valence-electron chi connectivity index (χ4n) is 8.98. The van der Waals surface area contributed by atoms with Crippen LogP contribution in [0.3, 0.4) is 0 Å². The van der Waals surface area contributed by atoms with Crippen LogP contribution in [0.15, 0.2) is 60.9 Å². The first-order valence-corrected chi connectivity index (χ1v) is 23.8. The van der Waals surface area contributed by atoms with Crippen molar-refractivity contribution in [1.82, 2.24) is 19.8 Å². The molecular weight excluding hydrogens is 729 g/mol. The molecule has 4 atom stereocenters. The van der Waals surface area contributed by atoms with E-state index in [-0.39, 0.29) is 23.2 Å². The van der Waals surface area contributed by atoms with Crippen molar-refractivity contribution < 1.29 is 23.9 Å². The summed E-state index contributed by atoms with van der Waals surface area (Å²) in [5.74, 6) is 0.337. The maximum atomic E-state index is 13.4. The molecule has 0 bridgehead atoms. The molecule has 8 rings (SSSR count). The van der Waals surface area contributed by atoms with Crippen LogP contribution in [0.1, 0.15) is 104 Å². The molecule has 0 spiro atoms. The predicted molar refractivity (Wildman–Crippen MR) is 234 cm³/mol. The fraction of sp³-hybridized carbons (Fsp3) is 0.532. The van der Waals surface area contributed by atoms with Gasteiger partial charge in [0, 0.05) is 66.2 Å². The number of carbonyl (C=O) groups excluding carboxylic acids is 2. The zero-order chi connectivity index (χ0) is 41.3. The van der Waals surface area contributed by atoms with Gasteiger partial charge in [-0.25, -0.2) is 4.79 Å². The number of hydrogen-bond acceptors (Lipinski definition) is 6. The van der Waals surface area contributed by atoms with Crippen LogP contribution in [-0.2, 0) is 33.3 Å². The zero-order valence-corrected chi connectivity index (χ0v) is 37.1. The first kappa shape index (κ1) is 41.2. The van der Waals surface area contributed by atoms with Crippen LogP contribution >= 0.6 is 0 Å². The van der Waals surface area contributed by atoms with Crippen molar-refractivity contribution in [2.45, 2.75) is 148 Å². The normalized spacial score (nSPS) is 24.2. The molecule has 2 aliphatic carbocycles. The van der Waals surface area contributed by atoms with Gasteiger partial charge in [-0.15, -0.1) is 0 Å². The molecular formula is C47H64N4O5Si. The number of Topliss-reactive ketones (excluding diaryl/α,β-unsaturated/α-hetero) is 1. The highest BCUT2D eigenvalue weighted by molar-refractivity contribution is 6.74. The van der Waals surface area contributed by atoms with Gasteiger partial charge in [0.25, 0.3) is 0 Å². The lowest BCUT2D eigenvalue weighted by Crippen LogP contribution is -2.59. The van der Waals surface area contributed by atoms with Gasteiger partial charge in [-0.05, 0) is 130 Å². The van der Waals surface area contributed by atoms with E-state index in [1.54, 1.807) is 0 Å². The van der Waals surface area contributed by atoms with Crippen molar-refractivity contribution >= 4 is 53.1 Å². The summed E-state index contributed by atoms with van der Waals surface area (Å²) in [5.41, 5.74) is 7.87. The maximum absolute atomic E-state index is 13.4. The molecule has 306 valence electrons. The van der Waals surface area contributed by atoms with E-state index in [2.05, 4.69) is 111 Å². The van der Waals surface area contributed by atoms with Crippen LogP contribution in [0.25, 0.3) is 33.0 Å². The number of nitrogens with one attached hydrogen (secondary N) is 2. The quantitative estimate of drug-likeness (QED) is 0.161. The lowest BCUT2D eigenvalue weighted by atomic mass is 9.79. The third kappa shape index (κ3) is 8.20. The predicted octanol–water partition coefficient (Wildman–Crippen LogP) is 9.57. The Bertz CT molecular complexity index is 2260. The molecule has 0 fully saturated rings. The van der Waals surface area contributed by atoms with Crippen molar-refractivity contribution in [1.29, 1.82) is 0 Å². The number of carbonyl (C=O) groups is 2. The molecule has 0 saturated heterocycles. The van der Waals surface area contributed by atoms with Gasteiger partial charge in [0.05, 0.1) is 23.8 Å². The Labute approximate surface area is 340 Å². The standard InChI is InChI=1S/C26H38N2O3Si.C21H26N2O2/c1-24(2,3)30-23(29)28-16-26(7,31-32(8,9)25(4,5)6)14-19-18-11-10-12-20-22(18)17(15-27-20)13-21(19)28;1-3-15(24)6-5-9-23-12-14-10-18-17(11-21(2,25)13-22-18)16-7-4-8-19(23)20(14)16/h10-12,14-15,21,27H,13,16H2,1-9H3;4,7-8,11-12,18,22,25H,3,5-6,9-10,13H2,1-2H3/t21-,26+;18-,21+/m11/s1. The largest absolute Gasteiger partial charge is 0.444 e. The number of amides is 1. The summed E-state index contributed by atoms with van der Waals surface area (Å²) in [6.45, 7) is 24.9. The van der Waals surface area contributed by atoms with Gasteiger partial charge in [0.2, 0.25) is 0 Å². The molecule has 2 aromatic carbocycles. The van der Waals surface area contributed by atoms with Gasteiger partial charge in [0.1, 0.15) is 11.4 Å². The Hall–Kier alpha value is -3.96. The van der Waals surface area contributed by atoms with E-state index in [1.165, 1.54) is 49.7 Å². The monoisotopic (exact) mass is 792 g/mol. The minimum Gasteiger partial charge on any atom is -0.444 e. The van der Waals surface area contributed by atoms with E-state index in [9.17, 15) is 14.7 Å². The highest BCUT2D eigenvalue weighted by Crippen LogP contribution is 2.46. The lowest BCUT2D eigenvalue weighted by Gasteiger charge is -2.50. The number of fused-ring (bicyclic) bond motifs is 4. The van der Waals surface area contributed by atoms with Crippen LogP contribution in [0.2, 0.25) is 18.1 Å². The molecule has 4 aliphatic rings. The third-order valence-corrected chi connectivity index (χ3v) is 17.2. The van der Waals surface area contributed by atoms with Gasteiger partial charge >= 0.3 is 6.09 Å². The summed E-state index contributed by atoms with van der Waals surface area (Å²) in [6.07, 6.45) is 12.3. The average molecular weight is 793 g/mol. The molecule has 4 heterocycles. The number of aromatic amines is 1. The summed E-state index contributed by atoms with van der Waals surface area (Å²) in [4.78, 5) is 30.3. The molecule has 3 N–H and O–H groups in total. The van der Waals surface area contributed by atoms with Crippen molar-refractivity contribution in [3.05, 3.63) is 83.2 Å². The number of ether oxygens (including phenoxy) is 1. The number of rotatable bonds is 7. The summed E-state index contributed by atoms with van der Waals surface area (Å²) in [7, 11) is -2.08. The van der Waals surface area contributed by atoms with Gasteiger partial charge in [-0.2, -0.15) is 0 Å². The zero-order valence-electron chi connectivity index (χ0n) is 36.1. The van der Waals surface area contributed by atoms with Gasteiger partial charge in [-0.1, -0.05) is 52.0 Å². The highest BCUT2D eigenvalue weighted by Gasteiger charge is 2.48. The summed E-state index contributed by atoms with van der Waals surface area (Å²) < 4.78 is 15.1. The second-order valence-electron chi connectivity index (χ2n) is 19.8. The van der Waals surface area contributed by atoms with Gasteiger partial charge in [0.15, 0.2) is 8.32 Å². The van der Waals surface area contributed by atoms with Gasteiger partial charge < -0.3 is 29.1 Å².